The van der Waals surface area contributed by atoms with Gasteiger partial charge in [-0.25, -0.2) is 9.78 Å². The van der Waals surface area contributed by atoms with Crippen LogP contribution in [0.4, 0.5) is 10.8 Å². The van der Waals surface area contributed by atoms with Gasteiger partial charge < -0.3 is 4.74 Å². The second-order valence-electron chi connectivity index (χ2n) is 6.39. The minimum Gasteiger partial charge on any atom is -0.446 e. The first-order chi connectivity index (χ1) is 14.8. The van der Waals surface area contributed by atoms with E-state index in [9.17, 15) is 34.6 Å². The van der Waals surface area contributed by atoms with Gasteiger partial charge in [-0.2, -0.15) is 0 Å². The predicted molar refractivity (Wildman–Crippen MR) is 105 cm³/mol. The summed E-state index contributed by atoms with van der Waals surface area (Å²) in [6.07, 6.45) is -1.55. The second kappa shape index (κ2) is 7.53. The summed E-state index contributed by atoms with van der Waals surface area (Å²) in [6.45, 7) is 0. The smallest absolute Gasteiger partial charge is 0.339 e. The Balaban J connectivity index is 1.58. The zero-order valence-corrected chi connectivity index (χ0v) is 16.0. The molecule has 1 aliphatic rings. The van der Waals surface area contributed by atoms with E-state index in [1.807, 2.05) is 0 Å². The molecule has 0 unspecified atom stereocenters. The van der Waals surface area contributed by atoms with Crippen molar-refractivity contribution in [2.45, 2.75) is 12.1 Å². The van der Waals surface area contributed by atoms with Crippen molar-refractivity contribution in [2.24, 2.45) is 0 Å². The Kier molecular flexibility index (Phi) is 4.87. The molecule has 3 aromatic rings. The fourth-order valence-corrected chi connectivity index (χ4v) is 4.02. The monoisotopic (exact) mass is 442 g/mol. The van der Waals surface area contributed by atoms with Crippen molar-refractivity contribution < 1.29 is 29.0 Å². The van der Waals surface area contributed by atoms with Crippen LogP contribution in [0.5, 0.6) is 0 Å². The number of aromatic nitrogens is 1. The van der Waals surface area contributed by atoms with Crippen molar-refractivity contribution in [2.75, 3.05) is 5.32 Å². The highest BCUT2D eigenvalue weighted by molar-refractivity contribution is 7.22. The van der Waals surface area contributed by atoms with Crippen LogP contribution in [0.25, 0.3) is 10.2 Å². The number of hydrogen-bond donors (Lipinski definition) is 1. The predicted octanol–water partition coefficient (Wildman–Crippen LogP) is 2.27. The molecule has 0 aliphatic carbocycles. The lowest BCUT2D eigenvalue weighted by Gasteiger charge is -2.14. The number of nitro benzene ring substituents is 1. The normalized spacial score (nSPS) is 15.7. The van der Waals surface area contributed by atoms with Gasteiger partial charge in [0.2, 0.25) is 6.10 Å². The molecule has 13 heteroatoms. The third kappa shape index (κ3) is 3.57. The molecule has 1 aliphatic heterocycles. The van der Waals surface area contributed by atoms with E-state index < -0.39 is 39.7 Å². The van der Waals surface area contributed by atoms with Gasteiger partial charge in [0.25, 0.3) is 11.5 Å². The van der Waals surface area contributed by atoms with Crippen LogP contribution < -0.4 is 5.32 Å². The quantitative estimate of drug-likeness (QED) is 0.260. The molecule has 4 rings (SSSR count). The molecule has 31 heavy (non-hydrogen) atoms. The van der Waals surface area contributed by atoms with Crippen LogP contribution in [0.15, 0.2) is 42.5 Å². The van der Waals surface area contributed by atoms with Crippen molar-refractivity contribution in [1.29, 1.82) is 0 Å². The van der Waals surface area contributed by atoms with Gasteiger partial charge in [0.1, 0.15) is 0 Å². The fourth-order valence-electron chi connectivity index (χ4n) is 3.12. The molecule has 0 radical (unpaired) electrons. The summed E-state index contributed by atoms with van der Waals surface area (Å²) in [4.78, 5) is 61.9. The summed E-state index contributed by atoms with van der Waals surface area (Å²) in [6, 6.07) is 7.57. The van der Waals surface area contributed by atoms with Gasteiger partial charge in [0.15, 0.2) is 5.13 Å². The maximum absolute atomic E-state index is 12.6. The number of nitro groups is 2. The molecule has 2 aromatic carbocycles. The minimum atomic E-state index is -2.15. The van der Waals surface area contributed by atoms with E-state index in [4.69, 9.17) is 4.74 Å². The van der Waals surface area contributed by atoms with E-state index in [1.165, 1.54) is 42.5 Å². The van der Waals surface area contributed by atoms with Gasteiger partial charge in [-0.1, -0.05) is 29.5 Å². The summed E-state index contributed by atoms with van der Waals surface area (Å²) < 4.78 is 5.38. The minimum absolute atomic E-state index is 0.0697. The molecule has 1 amide bonds. The van der Waals surface area contributed by atoms with Gasteiger partial charge in [0, 0.05) is 22.6 Å². The largest absolute Gasteiger partial charge is 0.446 e. The SMILES string of the molecule is O=C(Nc1nc2ccc([N+](=O)[O-])cc2s1)C(=O)[C@@H]([C@H]1OC(=O)c2ccccc21)[N+](=O)[O-]. The Morgan fingerprint density at radius 2 is 1.90 bits per heavy atom. The van der Waals surface area contributed by atoms with Crippen LogP contribution in [-0.2, 0) is 14.3 Å². The molecular weight excluding hydrogens is 432 g/mol. The number of nitrogens with one attached hydrogen (secondary N) is 1. The van der Waals surface area contributed by atoms with Crippen LogP contribution >= 0.6 is 11.3 Å². The second-order valence-corrected chi connectivity index (χ2v) is 7.42. The zero-order chi connectivity index (χ0) is 22.3. The molecule has 1 aromatic heterocycles. The summed E-state index contributed by atoms with van der Waals surface area (Å²) >= 11 is 0.861. The van der Waals surface area contributed by atoms with Crippen molar-refractivity contribution in [3.63, 3.8) is 0 Å². The number of fused-ring (bicyclic) bond motifs is 2. The number of benzene rings is 2. The van der Waals surface area contributed by atoms with Gasteiger partial charge in [-0.3, -0.25) is 35.1 Å². The molecular formula is C18H10N4O8S. The van der Waals surface area contributed by atoms with E-state index in [0.29, 0.717) is 10.2 Å². The van der Waals surface area contributed by atoms with E-state index in [-0.39, 0.29) is 21.9 Å². The summed E-state index contributed by atoms with van der Waals surface area (Å²) in [5, 5.41) is 24.6. The summed E-state index contributed by atoms with van der Waals surface area (Å²) in [7, 11) is 0. The number of anilines is 1. The number of esters is 1. The molecule has 0 fully saturated rings. The van der Waals surface area contributed by atoms with Crippen molar-refractivity contribution >= 4 is 50.0 Å². The number of nitrogens with zero attached hydrogens (tertiary/aromatic N) is 3. The van der Waals surface area contributed by atoms with Gasteiger partial charge in [-0.15, -0.1) is 0 Å². The first-order valence-corrected chi connectivity index (χ1v) is 9.41. The maximum atomic E-state index is 12.6. The van der Waals surface area contributed by atoms with Crippen molar-refractivity contribution in [3.8, 4) is 0 Å². The molecule has 2 heterocycles. The molecule has 2 atom stereocenters. The lowest BCUT2D eigenvalue weighted by Crippen LogP contribution is -2.42. The lowest BCUT2D eigenvalue weighted by atomic mass is 9.97. The number of cyclic esters (lactones) is 1. The maximum Gasteiger partial charge on any atom is 0.339 e. The third-order valence-electron chi connectivity index (χ3n) is 4.53. The molecule has 12 nitrogen and oxygen atoms in total. The number of carbonyl (C=O) groups excluding carboxylic acids is 3. The van der Waals surface area contributed by atoms with Gasteiger partial charge in [-0.05, 0) is 12.1 Å². The Morgan fingerprint density at radius 1 is 1.16 bits per heavy atom. The van der Waals surface area contributed by atoms with Gasteiger partial charge >= 0.3 is 17.9 Å². The number of Topliss-reactive ketones (excluding diaryl/α,β-unsaturated/α-hetero) is 1. The molecule has 1 N–H and O–H groups in total. The van der Waals surface area contributed by atoms with Crippen molar-refractivity contribution in [3.05, 3.63) is 73.8 Å². The van der Waals surface area contributed by atoms with E-state index in [1.54, 1.807) is 0 Å². The van der Waals surface area contributed by atoms with Crippen LogP contribution in [-0.4, -0.2) is 38.5 Å². The Bertz CT molecular complexity index is 1290. The lowest BCUT2D eigenvalue weighted by molar-refractivity contribution is -0.518. The van der Waals surface area contributed by atoms with Crippen LogP contribution in [0.1, 0.15) is 22.0 Å². The number of non-ortho nitro benzene ring substituents is 1. The number of thiazole rings is 1. The summed E-state index contributed by atoms with van der Waals surface area (Å²) in [5.41, 5.74) is 0.381. The fraction of sp³-hybridized carbons (Fsp3) is 0.111. The van der Waals surface area contributed by atoms with Crippen LogP contribution in [0.2, 0.25) is 0 Å². The number of carbonyl (C=O) groups is 3. The highest BCUT2D eigenvalue weighted by Crippen LogP contribution is 2.35. The highest BCUT2D eigenvalue weighted by atomic mass is 32.1. The van der Waals surface area contributed by atoms with E-state index in [2.05, 4.69) is 10.3 Å². The Labute approximate surface area is 175 Å². The molecule has 0 saturated carbocycles. The number of amides is 1. The Morgan fingerprint density at radius 3 is 2.61 bits per heavy atom. The topological polar surface area (TPSA) is 172 Å². The average Bonchev–Trinajstić information content (AvgIpc) is 3.28. The van der Waals surface area contributed by atoms with E-state index in [0.717, 1.165) is 11.3 Å². The Hall–Kier alpha value is -4.26. The average molecular weight is 442 g/mol. The standard InChI is InChI=1S/C18H10N4O8S/c23-14(13(22(28)29)15-9-3-1-2-4-10(9)17(25)30-15)16(24)20-18-19-11-6-5-8(21(26)27)7-12(11)31-18/h1-7,13,15H,(H,19,20,24)/t13-,15-/m0/s1. The first-order valence-electron chi connectivity index (χ1n) is 8.60. The molecule has 0 spiro atoms. The number of ketones is 1. The first kappa shape index (κ1) is 20.0. The molecule has 0 saturated heterocycles. The van der Waals surface area contributed by atoms with Crippen LogP contribution in [0, 0.1) is 20.2 Å². The molecule has 156 valence electrons. The van der Waals surface area contributed by atoms with Crippen LogP contribution in [0.3, 0.4) is 0 Å². The highest BCUT2D eigenvalue weighted by Gasteiger charge is 2.49. The number of rotatable bonds is 6. The zero-order valence-electron chi connectivity index (χ0n) is 15.2. The molecule has 0 bridgehead atoms. The van der Waals surface area contributed by atoms with Gasteiger partial charge in [0.05, 0.1) is 20.7 Å². The van der Waals surface area contributed by atoms with Crippen molar-refractivity contribution in [1.82, 2.24) is 4.98 Å². The number of ether oxygens (including phenoxy) is 1. The third-order valence-corrected chi connectivity index (χ3v) is 5.46. The van der Waals surface area contributed by atoms with E-state index >= 15 is 0 Å². The number of hydrogen-bond acceptors (Lipinski definition) is 10. The summed E-state index contributed by atoms with van der Waals surface area (Å²) in [5.74, 6) is -3.58.